The Kier molecular flexibility index (Phi) is 7.11. The molecule has 9 heteroatoms. The monoisotopic (exact) mass is 432 g/mol. The summed E-state index contributed by atoms with van der Waals surface area (Å²) in [5.74, 6) is -0.587. The van der Waals surface area contributed by atoms with Gasteiger partial charge in [0.15, 0.2) is 0 Å². The van der Waals surface area contributed by atoms with Crippen molar-refractivity contribution in [2.24, 2.45) is 0 Å². The van der Waals surface area contributed by atoms with Crippen molar-refractivity contribution in [1.82, 2.24) is 4.90 Å². The minimum absolute atomic E-state index is 0.228. The number of aliphatic hydroxyl groups is 1. The molecule has 0 aromatic heterocycles. The zero-order valence-electron chi connectivity index (χ0n) is 10.8. The Bertz CT molecular complexity index is 498. The Morgan fingerprint density at radius 3 is 2.52 bits per heavy atom. The highest BCUT2D eigenvalue weighted by atomic mass is 79.9. The lowest BCUT2D eigenvalue weighted by molar-refractivity contribution is -0.148. The third-order valence-electron chi connectivity index (χ3n) is 2.39. The Hall–Kier alpha value is -0.640. The van der Waals surface area contributed by atoms with Gasteiger partial charge in [-0.25, -0.2) is 0 Å². The molecule has 0 radical (unpaired) electrons. The lowest BCUT2D eigenvalue weighted by Crippen LogP contribution is -2.41. The van der Waals surface area contributed by atoms with Gasteiger partial charge in [0.2, 0.25) is 5.91 Å². The number of halogens is 5. The Labute approximate surface area is 136 Å². The second-order valence-electron chi connectivity index (χ2n) is 4.22. The number of aliphatic hydroxyl groups excluding tert-OH is 1. The van der Waals surface area contributed by atoms with Gasteiger partial charge in [-0.2, -0.15) is 13.2 Å². The second-order valence-corrected chi connectivity index (χ2v) is 5.99. The van der Waals surface area contributed by atoms with Gasteiger partial charge in [0.05, 0.1) is 25.4 Å². The third-order valence-corrected chi connectivity index (χ3v) is 3.54. The number of rotatable bonds is 6. The largest absolute Gasteiger partial charge is 0.401 e. The molecule has 0 aliphatic carbocycles. The van der Waals surface area contributed by atoms with Crippen LogP contribution in [0.15, 0.2) is 27.1 Å². The second kappa shape index (κ2) is 8.11. The van der Waals surface area contributed by atoms with Crippen LogP contribution in [0.2, 0.25) is 0 Å². The van der Waals surface area contributed by atoms with Crippen LogP contribution in [0.25, 0.3) is 0 Å². The average Bonchev–Trinajstić information content (AvgIpc) is 2.31. The first-order chi connectivity index (χ1) is 9.71. The van der Waals surface area contributed by atoms with Gasteiger partial charge in [-0.15, -0.1) is 0 Å². The fourth-order valence-electron chi connectivity index (χ4n) is 1.59. The van der Waals surface area contributed by atoms with E-state index in [1.807, 2.05) is 0 Å². The molecule has 4 nitrogen and oxygen atoms in total. The number of nitrogens with one attached hydrogen (secondary N) is 1. The predicted octanol–water partition coefficient (Wildman–Crippen LogP) is 3.01. The first-order valence-electron chi connectivity index (χ1n) is 5.86. The summed E-state index contributed by atoms with van der Waals surface area (Å²) in [5, 5.41) is 11.3. The number of carbonyl (C=O) groups excluding carboxylic acids is 1. The summed E-state index contributed by atoms with van der Waals surface area (Å²) in [5.41, 5.74) is 0.458. The molecule has 0 spiro atoms. The summed E-state index contributed by atoms with van der Waals surface area (Å²) < 4.78 is 38.4. The number of benzene rings is 1. The van der Waals surface area contributed by atoms with Crippen LogP contribution in [-0.4, -0.2) is 48.3 Å². The van der Waals surface area contributed by atoms with Crippen molar-refractivity contribution in [3.8, 4) is 0 Å². The number of hydrogen-bond donors (Lipinski definition) is 2. The molecule has 1 amide bonds. The molecule has 0 saturated carbocycles. The first-order valence-corrected chi connectivity index (χ1v) is 7.45. The number of anilines is 1. The maximum atomic E-state index is 12.3. The summed E-state index contributed by atoms with van der Waals surface area (Å²) in [4.78, 5) is 12.6. The van der Waals surface area contributed by atoms with Crippen molar-refractivity contribution >= 4 is 43.5 Å². The van der Waals surface area contributed by atoms with Gasteiger partial charge in [0, 0.05) is 15.5 Å². The predicted molar refractivity (Wildman–Crippen MR) is 80.1 cm³/mol. The van der Waals surface area contributed by atoms with Crippen molar-refractivity contribution in [3.05, 3.63) is 27.1 Å². The summed E-state index contributed by atoms with van der Waals surface area (Å²) >= 11 is 6.50. The van der Waals surface area contributed by atoms with Gasteiger partial charge in [0.25, 0.3) is 0 Å². The van der Waals surface area contributed by atoms with Crippen LogP contribution in [0.5, 0.6) is 0 Å². The molecule has 0 bridgehead atoms. The molecular weight excluding hydrogens is 421 g/mol. The molecule has 0 aliphatic heterocycles. The molecule has 118 valence electrons. The standard InChI is InChI=1S/C12H13Br2F3N2O2/c13-8-1-2-10(9(14)5-8)18-11(21)6-19(3-4-20)7-12(15,16)17/h1-2,5,20H,3-4,6-7H2,(H,18,21). The number of carbonyl (C=O) groups is 1. The van der Waals surface area contributed by atoms with Crippen LogP contribution in [0.3, 0.4) is 0 Å². The van der Waals surface area contributed by atoms with Crippen LogP contribution in [0.1, 0.15) is 0 Å². The van der Waals surface area contributed by atoms with Gasteiger partial charge in [-0.05, 0) is 34.1 Å². The summed E-state index contributed by atoms with van der Waals surface area (Å²) in [7, 11) is 0. The van der Waals surface area contributed by atoms with E-state index < -0.39 is 31.8 Å². The minimum atomic E-state index is -4.42. The van der Waals surface area contributed by atoms with Crippen LogP contribution >= 0.6 is 31.9 Å². The van der Waals surface area contributed by atoms with Crippen molar-refractivity contribution in [2.75, 3.05) is 31.6 Å². The summed E-state index contributed by atoms with van der Waals surface area (Å²) in [6.45, 7) is -2.38. The van der Waals surface area contributed by atoms with Gasteiger partial charge < -0.3 is 10.4 Å². The van der Waals surface area contributed by atoms with Gasteiger partial charge in [0.1, 0.15) is 0 Å². The van der Waals surface area contributed by atoms with E-state index in [0.717, 1.165) is 9.37 Å². The first kappa shape index (κ1) is 18.4. The summed E-state index contributed by atoms with van der Waals surface area (Å²) in [6, 6.07) is 5.02. The van der Waals surface area contributed by atoms with Crippen LogP contribution < -0.4 is 5.32 Å². The number of alkyl halides is 3. The number of hydrogen-bond acceptors (Lipinski definition) is 3. The molecule has 1 rings (SSSR count). The molecular formula is C12H13Br2F3N2O2. The van der Waals surface area contributed by atoms with Crippen LogP contribution in [0.4, 0.5) is 18.9 Å². The Morgan fingerprint density at radius 1 is 1.33 bits per heavy atom. The zero-order valence-corrected chi connectivity index (χ0v) is 13.9. The van der Waals surface area contributed by atoms with E-state index in [4.69, 9.17) is 5.11 Å². The fourth-order valence-corrected chi connectivity index (χ4v) is 2.74. The molecule has 1 aromatic rings. The quantitative estimate of drug-likeness (QED) is 0.725. The van der Waals surface area contributed by atoms with Crippen molar-refractivity contribution < 1.29 is 23.1 Å². The van der Waals surface area contributed by atoms with Crippen molar-refractivity contribution in [2.45, 2.75) is 6.18 Å². The van der Waals surface area contributed by atoms with E-state index in [9.17, 15) is 18.0 Å². The lowest BCUT2D eigenvalue weighted by Gasteiger charge is -2.22. The molecule has 0 aliphatic rings. The highest BCUT2D eigenvalue weighted by Gasteiger charge is 2.31. The Morgan fingerprint density at radius 2 is 2.00 bits per heavy atom. The van der Waals surface area contributed by atoms with Gasteiger partial charge in [-0.3, -0.25) is 9.69 Å². The average molecular weight is 434 g/mol. The highest BCUT2D eigenvalue weighted by Crippen LogP contribution is 2.26. The third kappa shape index (κ3) is 7.25. The lowest BCUT2D eigenvalue weighted by atomic mass is 10.3. The van der Waals surface area contributed by atoms with Crippen LogP contribution in [-0.2, 0) is 4.79 Å². The molecule has 2 N–H and O–H groups in total. The van der Waals surface area contributed by atoms with Crippen LogP contribution in [0, 0.1) is 0 Å². The molecule has 0 atom stereocenters. The van der Waals surface area contributed by atoms with E-state index in [-0.39, 0.29) is 6.54 Å². The Balaban J connectivity index is 2.65. The topological polar surface area (TPSA) is 52.6 Å². The van der Waals surface area contributed by atoms with E-state index in [2.05, 4.69) is 37.2 Å². The SMILES string of the molecule is O=C(CN(CCO)CC(F)(F)F)Nc1ccc(Br)cc1Br. The molecule has 1 aromatic carbocycles. The zero-order chi connectivity index (χ0) is 16.0. The molecule has 21 heavy (non-hydrogen) atoms. The maximum absolute atomic E-state index is 12.3. The summed E-state index contributed by atoms with van der Waals surface area (Å²) in [6.07, 6.45) is -4.42. The van der Waals surface area contributed by atoms with E-state index in [1.165, 1.54) is 0 Å². The smallest absolute Gasteiger partial charge is 0.395 e. The van der Waals surface area contributed by atoms with Crippen molar-refractivity contribution in [3.63, 3.8) is 0 Å². The van der Waals surface area contributed by atoms with E-state index in [1.54, 1.807) is 18.2 Å². The number of nitrogens with zero attached hydrogens (tertiary/aromatic N) is 1. The minimum Gasteiger partial charge on any atom is -0.395 e. The highest BCUT2D eigenvalue weighted by molar-refractivity contribution is 9.11. The molecule has 0 heterocycles. The van der Waals surface area contributed by atoms with E-state index >= 15 is 0 Å². The maximum Gasteiger partial charge on any atom is 0.401 e. The fraction of sp³-hybridized carbons (Fsp3) is 0.417. The van der Waals surface area contributed by atoms with Crippen molar-refractivity contribution in [1.29, 1.82) is 0 Å². The molecule has 0 saturated heterocycles. The van der Waals surface area contributed by atoms with Gasteiger partial charge >= 0.3 is 6.18 Å². The number of amides is 1. The normalized spacial score (nSPS) is 11.8. The molecule has 0 fully saturated rings. The van der Waals surface area contributed by atoms with E-state index in [0.29, 0.717) is 10.2 Å². The van der Waals surface area contributed by atoms with Gasteiger partial charge in [-0.1, -0.05) is 15.9 Å². The molecule has 0 unspecified atom stereocenters.